The molecule has 2 nitrogen and oxygen atoms in total. The highest BCUT2D eigenvalue weighted by atomic mass is 32.1. The monoisotopic (exact) mass is 272 g/mol. The van der Waals surface area contributed by atoms with Crippen molar-refractivity contribution in [2.24, 2.45) is 0 Å². The molecule has 1 fully saturated rings. The van der Waals surface area contributed by atoms with Gasteiger partial charge in [0.15, 0.2) is 0 Å². The van der Waals surface area contributed by atoms with E-state index in [1.54, 1.807) is 0 Å². The summed E-state index contributed by atoms with van der Waals surface area (Å²) in [4.78, 5) is 8.61. The minimum atomic E-state index is 0.588. The van der Waals surface area contributed by atoms with Gasteiger partial charge in [0, 0.05) is 23.7 Å². The average molecular weight is 272 g/mol. The molecule has 0 saturated carbocycles. The summed E-state index contributed by atoms with van der Waals surface area (Å²) in [5, 5.41) is 2.19. The lowest BCUT2D eigenvalue weighted by Crippen LogP contribution is -2.28. The third kappa shape index (κ3) is 3.23. The van der Waals surface area contributed by atoms with Crippen LogP contribution in [0.25, 0.3) is 0 Å². The number of hydrogen-bond donors (Lipinski definition) is 0. The van der Waals surface area contributed by atoms with Gasteiger partial charge in [-0.05, 0) is 43.0 Å². The summed E-state index contributed by atoms with van der Waals surface area (Å²) in [6.45, 7) is 2.17. The van der Waals surface area contributed by atoms with Gasteiger partial charge in [-0.3, -0.25) is 9.88 Å². The van der Waals surface area contributed by atoms with Crippen LogP contribution in [0.2, 0.25) is 0 Å². The van der Waals surface area contributed by atoms with Crippen LogP contribution in [0, 0.1) is 0 Å². The van der Waals surface area contributed by atoms with Gasteiger partial charge in [-0.25, -0.2) is 0 Å². The molecule has 19 heavy (non-hydrogen) atoms. The van der Waals surface area contributed by atoms with Crippen molar-refractivity contribution in [3.05, 3.63) is 52.5 Å². The number of nitrogens with zero attached hydrogens (tertiary/aromatic N) is 2. The molecule has 1 saturated heterocycles. The van der Waals surface area contributed by atoms with Crippen molar-refractivity contribution in [3.8, 4) is 0 Å². The van der Waals surface area contributed by atoms with Crippen LogP contribution in [0.3, 0.4) is 0 Å². The Hall–Kier alpha value is -1.19. The van der Waals surface area contributed by atoms with Crippen LogP contribution in [0.4, 0.5) is 0 Å². The fourth-order valence-electron chi connectivity index (χ4n) is 2.86. The van der Waals surface area contributed by atoms with Crippen LogP contribution in [-0.4, -0.2) is 16.4 Å². The molecular formula is C16H20N2S. The summed E-state index contributed by atoms with van der Waals surface area (Å²) in [6, 6.07) is 11.2. The van der Waals surface area contributed by atoms with E-state index >= 15 is 0 Å². The fourth-order valence-corrected chi connectivity index (χ4v) is 3.76. The van der Waals surface area contributed by atoms with Gasteiger partial charge in [0.2, 0.25) is 0 Å². The molecule has 2 aromatic rings. The molecule has 0 N–H and O–H groups in total. The largest absolute Gasteiger partial charge is 0.290 e. The average Bonchev–Trinajstić information content (AvgIpc) is 2.88. The molecule has 0 spiro atoms. The zero-order valence-corrected chi connectivity index (χ0v) is 12.0. The van der Waals surface area contributed by atoms with Crippen molar-refractivity contribution in [1.82, 2.24) is 9.88 Å². The van der Waals surface area contributed by atoms with Crippen molar-refractivity contribution in [3.63, 3.8) is 0 Å². The number of hydrogen-bond acceptors (Lipinski definition) is 3. The maximum atomic E-state index is 4.48. The van der Waals surface area contributed by atoms with Gasteiger partial charge in [-0.1, -0.05) is 25.0 Å². The van der Waals surface area contributed by atoms with Gasteiger partial charge >= 0.3 is 0 Å². The first-order chi connectivity index (χ1) is 9.43. The molecule has 0 amide bonds. The second-order valence-electron chi connectivity index (χ2n) is 5.17. The van der Waals surface area contributed by atoms with Crippen LogP contribution < -0.4 is 0 Å². The normalized spacial score (nSPS) is 21.2. The quantitative estimate of drug-likeness (QED) is 0.830. The number of pyridine rings is 1. The van der Waals surface area contributed by atoms with Crippen molar-refractivity contribution in [1.29, 1.82) is 0 Å². The predicted octanol–water partition coefficient (Wildman–Crippen LogP) is 4.26. The Balaban J connectivity index is 1.79. The van der Waals surface area contributed by atoms with Crippen LogP contribution in [-0.2, 0) is 6.54 Å². The molecule has 3 rings (SSSR count). The van der Waals surface area contributed by atoms with E-state index in [1.165, 1.54) is 42.8 Å². The first-order valence-electron chi connectivity index (χ1n) is 7.11. The minimum Gasteiger partial charge on any atom is -0.290 e. The SMILES string of the molecule is c1ccc(CN2CCCCC[C@@H]2c2cccs2)nc1. The molecule has 1 aliphatic rings. The van der Waals surface area contributed by atoms with Gasteiger partial charge in [0.25, 0.3) is 0 Å². The van der Waals surface area contributed by atoms with Crippen LogP contribution in [0.5, 0.6) is 0 Å². The Bertz CT molecular complexity index is 481. The van der Waals surface area contributed by atoms with E-state index in [0.717, 1.165) is 6.54 Å². The Morgan fingerprint density at radius 3 is 2.95 bits per heavy atom. The van der Waals surface area contributed by atoms with Gasteiger partial charge < -0.3 is 0 Å². The topological polar surface area (TPSA) is 16.1 Å². The Labute approximate surface area is 119 Å². The molecule has 0 unspecified atom stereocenters. The maximum absolute atomic E-state index is 4.48. The van der Waals surface area contributed by atoms with Gasteiger partial charge in [0.05, 0.1) is 5.69 Å². The molecule has 3 heterocycles. The van der Waals surface area contributed by atoms with Gasteiger partial charge in [0.1, 0.15) is 0 Å². The fraction of sp³-hybridized carbons (Fsp3) is 0.438. The van der Waals surface area contributed by atoms with Crippen molar-refractivity contribution in [2.45, 2.75) is 38.3 Å². The summed E-state index contributed by atoms with van der Waals surface area (Å²) >= 11 is 1.89. The molecule has 2 aromatic heterocycles. The molecule has 1 atom stereocenters. The van der Waals surface area contributed by atoms with E-state index in [4.69, 9.17) is 0 Å². The third-order valence-corrected chi connectivity index (χ3v) is 4.80. The second kappa shape index (κ2) is 6.31. The minimum absolute atomic E-state index is 0.588. The number of aromatic nitrogens is 1. The molecule has 0 bridgehead atoms. The van der Waals surface area contributed by atoms with E-state index in [9.17, 15) is 0 Å². The molecule has 0 radical (unpaired) electrons. The van der Waals surface area contributed by atoms with E-state index in [2.05, 4.69) is 39.5 Å². The number of thiophene rings is 1. The Morgan fingerprint density at radius 2 is 2.16 bits per heavy atom. The lowest BCUT2D eigenvalue weighted by Gasteiger charge is -2.28. The van der Waals surface area contributed by atoms with Crippen molar-refractivity contribution in [2.75, 3.05) is 6.54 Å². The molecule has 0 aromatic carbocycles. The summed E-state index contributed by atoms with van der Waals surface area (Å²) in [5.74, 6) is 0. The Kier molecular flexibility index (Phi) is 4.26. The highest BCUT2D eigenvalue weighted by molar-refractivity contribution is 7.10. The lowest BCUT2D eigenvalue weighted by molar-refractivity contribution is 0.193. The Morgan fingerprint density at radius 1 is 1.16 bits per heavy atom. The number of likely N-dealkylation sites (tertiary alicyclic amines) is 1. The van der Waals surface area contributed by atoms with E-state index in [0.29, 0.717) is 6.04 Å². The maximum Gasteiger partial charge on any atom is 0.0544 e. The predicted molar refractivity (Wildman–Crippen MR) is 80.2 cm³/mol. The van der Waals surface area contributed by atoms with E-state index < -0.39 is 0 Å². The smallest absolute Gasteiger partial charge is 0.0544 e. The van der Waals surface area contributed by atoms with Crippen LogP contribution in [0.15, 0.2) is 41.9 Å². The molecule has 1 aliphatic heterocycles. The molecule has 0 aliphatic carbocycles. The summed E-state index contributed by atoms with van der Waals surface area (Å²) in [6.07, 6.45) is 7.21. The van der Waals surface area contributed by atoms with E-state index in [-0.39, 0.29) is 0 Å². The highest BCUT2D eigenvalue weighted by Gasteiger charge is 2.23. The number of rotatable bonds is 3. The zero-order chi connectivity index (χ0) is 12.9. The van der Waals surface area contributed by atoms with E-state index in [1.807, 2.05) is 23.6 Å². The van der Waals surface area contributed by atoms with Crippen molar-refractivity contribution < 1.29 is 0 Å². The first kappa shape index (κ1) is 12.8. The van der Waals surface area contributed by atoms with Crippen molar-refractivity contribution >= 4 is 11.3 Å². The molecule has 100 valence electrons. The second-order valence-corrected chi connectivity index (χ2v) is 6.15. The third-order valence-electron chi connectivity index (χ3n) is 3.83. The summed E-state index contributed by atoms with van der Waals surface area (Å²) in [7, 11) is 0. The summed E-state index contributed by atoms with van der Waals surface area (Å²) < 4.78 is 0. The van der Waals surface area contributed by atoms with Gasteiger partial charge in [-0.2, -0.15) is 0 Å². The first-order valence-corrected chi connectivity index (χ1v) is 7.99. The highest BCUT2D eigenvalue weighted by Crippen LogP contribution is 2.33. The lowest BCUT2D eigenvalue weighted by atomic mass is 10.1. The van der Waals surface area contributed by atoms with Crippen LogP contribution >= 0.6 is 11.3 Å². The molecular weight excluding hydrogens is 252 g/mol. The standard InChI is InChI=1S/C16H20N2S/c1-2-8-15(16-9-6-12-19-16)18(11-5-1)13-14-7-3-4-10-17-14/h3-4,6-7,9-10,12,15H,1-2,5,8,11,13H2/t15-/m1/s1. The molecule has 3 heteroatoms. The summed E-state index contributed by atoms with van der Waals surface area (Å²) in [5.41, 5.74) is 1.19. The van der Waals surface area contributed by atoms with Crippen LogP contribution in [0.1, 0.15) is 42.3 Å². The zero-order valence-electron chi connectivity index (χ0n) is 11.2. The van der Waals surface area contributed by atoms with Gasteiger partial charge in [-0.15, -0.1) is 11.3 Å².